The zero-order valence-corrected chi connectivity index (χ0v) is 22.0. The number of hydrogen-bond acceptors (Lipinski definition) is 6. The minimum atomic E-state index is -1.05. The van der Waals surface area contributed by atoms with Crippen molar-refractivity contribution in [2.45, 2.75) is 70.0 Å². The first kappa shape index (κ1) is 28.6. The van der Waals surface area contributed by atoms with Crippen molar-refractivity contribution >= 4 is 29.3 Å². The molecule has 0 aliphatic heterocycles. The third kappa shape index (κ3) is 8.57. The average Bonchev–Trinajstić information content (AvgIpc) is 2.87. The second-order valence-corrected chi connectivity index (χ2v) is 10.1. The Bertz CT molecular complexity index is 1130. The number of amides is 3. The largest absolute Gasteiger partial charge is 0.861 e. The van der Waals surface area contributed by atoms with Crippen LogP contribution in [0.4, 0.5) is 5.69 Å². The van der Waals surface area contributed by atoms with Crippen molar-refractivity contribution in [1.29, 1.82) is 5.41 Å². The number of carbonyl (C=O) groups excluding carboxylic acids is 3. The molecule has 3 atom stereocenters. The van der Waals surface area contributed by atoms with Gasteiger partial charge in [-0.2, -0.15) is 0 Å². The topological polar surface area (TPSA) is 164 Å². The average molecular weight is 523 g/mol. The summed E-state index contributed by atoms with van der Waals surface area (Å²) in [5, 5.41) is 28.2. The van der Waals surface area contributed by atoms with Crippen LogP contribution in [0.3, 0.4) is 0 Å². The molecule has 0 saturated heterocycles. The van der Waals surface area contributed by atoms with Gasteiger partial charge < -0.3 is 32.2 Å². The maximum atomic E-state index is 13.5. The van der Waals surface area contributed by atoms with E-state index in [1.165, 1.54) is 6.92 Å². The molecule has 3 amide bonds. The molecule has 10 nitrogen and oxygen atoms in total. The van der Waals surface area contributed by atoms with Crippen LogP contribution in [0.1, 0.15) is 50.2 Å². The molecule has 1 fully saturated rings. The van der Waals surface area contributed by atoms with Gasteiger partial charge in [-0.1, -0.05) is 31.4 Å². The summed E-state index contributed by atoms with van der Waals surface area (Å²) < 4.78 is 1.83. The van der Waals surface area contributed by atoms with Crippen molar-refractivity contribution in [3.8, 4) is 0 Å². The van der Waals surface area contributed by atoms with Gasteiger partial charge in [-0.25, -0.2) is 4.57 Å². The highest BCUT2D eigenvalue weighted by Gasteiger charge is 2.34. The summed E-state index contributed by atoms with van der Waals surface area (Å²) in [7, 11) is 1.85. The highest BCUT2D eigenvalue weighted by Crippen LogP contribution is 2.27. The van der Waals surface area contributed by atoms with Gasteiger partial charge in [0.1, 0.15) is 19.1 Å². The maximum absolute atomic E-state index is 13.5. The number of aromatic nitrogens is 1. The first-order chi connectivity index (χ1) is 18.1. The molecule has 0 unspecified atom stereocenters. The van der Waals surface area contributed by atoms with Gasteiger partial charge in [0.05, 0.1) is 6.04 Å². The van der Waals surface area contributed by atoms with Crippen molar-refractivity contribution in [3.63, 3.8) is 0 Å². The Morgan fingerprint density at radius 3 is 2.24 bits per heavy atom. The second-order valence-electron chi connectivity index (χ2n) is 10.1. The normalized spacial score (nSPS) is 16.1. The van der Waals surface area contributed by atoms with Crippen molar-refractivity contribution < 1.29 is 24.1 Å². The van der Waals surface area contributed by atoms with E-state index in [0.717, 1.165) is 43.2 Å². The summed E-state index contributed by atoms with van der Waals surface area (Å²) in [5.41, 5.74) is 7.96. The molecule has 0 spiro atoms. The van der Waals surface area contributed by atoms with Gasteiger partial charge in [0.15, 0.2) is 12.4 Å². The molecule has 1 aliphatic carbocycles. The van der Waals surface area contributed by atoms with Crippen LogP contribution in [-0.4, -0.2) is 41.7 Å². The smallest absolute Gasteiger partial charge is 0.243 e. The highest BCUT2D eigenvalue weighted by atomic mass is 16.3. The van der Waals surface area contributed by atoms with Gasteiger partial charge in [0.2, 0.25) is 17.7 Å². The number of hydrogen-bond donors (Lipinski definition) is 5. The van der Waals surface area contributed by atoms with Crippen molar-refractivity contribution in [3.05, 3.63) is 59.9 Å². The lowest BCUT2D eigenvalue weighted by Gasteiger charge is -2.33. The molecule has 1 heterocycles. The lowest BCUT2D eigenvalue weighted by atomic mass is 9.83. The standard InChI is InChI=1S/C28H38N6O4/c1-18(35)31-24(15-19-10-12-22(29)13-11-19)27(37)33-25(21-8-4-3-5-9-21)28(38)32-23(26(30)36)16-20-7-6-14-34(2)17-20/h6-7,10-14,17,21,23-25H,3-5,8-9,15-16,29H2,1-2H3,(H4-,30,31,32,33,35,36,37,38)/t23-,24+,25-/m0/s1. The van der Waals surface area contributed by atoms with Crippen LogP contribution in [0.5, 0.6) is 0 Å². The van der Waals surface area contributed by atoms with E-state index in [1.54, 1.807) is 24.3 Å². The molecule has 38 heavy (non-hydrogen) atoms. The van der Waals surface area contributed by atoms with Crippen LogP contribution in [0, 0.1) is 11.3 Å². The molecule has 6 N–H and O–H groups in total. The van der Waals surface area contributed by atoms with Gasteiger partial charge in [-0.15, -0.1) is 0 Å². The molecule has 0 bridgehead atoms. The molecule has 204 valence electrons. The van der Waals surface area contributed by atoms with E-state index >= 15 is 0 Å². The fourth-order valence-corrected chi connectivity index (χ4v) is 4.94. The zero-order chi connectivity index (χ0) is 27.7. The number of nitrogens with two attached hydrogens (primary N) is 1. The molecule has 1 aromatic carbocycles. The Morgan fingerprint density at radius 1 is 0.974 bits per heavy atom. The van der Waals surface area contributed by atoms with Crippen LogP contribution in [0.15, 0.2) is 48.8 Å². The van der Waals surface area contributed by atoms with Crippen molar-refractivity contribution in [2.75, 3.05) is 5.73 Å². The minimum Gasteiger partial charge on any atom is -0.861 e. The summed E-state index contributed by atoms with van der Waals surface area (Å²) in [5.74, 6) is -2.36. The quantitative estimate of drug-likeness (QED) is 0.124. The molecule has 3 rings (SSSR count). The number of nitrogen functional groups attached to an aromatic ring is 1. The second kappa shape index (κ2) is 13.6. The van der Waals surface area contributed by atoms with Crippen LogP contribution >= 0.6 is 0 Å². The summed E-state index contributed by atoms with van der Waals surface area (Å²) >= 11 is 0. The van der Waals surface area contributed by atoms with Crippen LogP contribution < -0.4 is 31.4 Å². The van der Waals surface area contributed by atoms with Crippen LogP contribution in [0.2, 0.25) is 0 Å². The Balaban J connectivity index is 1.78. The molecular weight excluding hydrogens is 484 g/mol. The summed E-state index contributed by atoms with van der Waals surface area (Å²) in [6, 6.07) is 7.85. The SMILES string of the molecule is CC(=O)N[C@H](Cc1ccc(N)cc1)C(=O)N[C@H](C(=O)N[C@@H](Cc1ccc[n+](C)c1)C(=N)[O-])C1CCCCC1. The summed E-state index contributed by atoms with van der Waals surface area (Å²) in [6.45, 7) is 1.34. The van der Waals surface area contributed by atoms with Gasteiger partial charge in [0, 0.05) is 37.1 Å². The zero-order valence-electron chi connectivity index (χ0n) is 22.0. The van der Waals surface area contributed by atoms with E-state index < -0.39 is 35.8 Å². The van der Waals surface area contributed by atoms with E-state index in [4.69, 9.17) is 11.1 Å². The number of benzene rings is 1. The van der Waals surface area contributed by atoms with Gasteiger partial charge in [0.25, 0.3) is 0 Å². The summed E-state index contributed by atoms with van der Waals surface area (Å²) in [4.78, 5) is 38.8. The monoisotopic (exact) mass is 522 g/mol. The Labute approximate surface area is 223 Å². The molecule has 1 saturated carbocycles. The number of nitrogens with zero attached hydrogens (tertiary/aromatic N) is 1. The van der Waals surface area contributed by atoms with E-state index in [1.807, 2.05) is 36.1 Å². The van der Waals surface area contributed by atoms with E-state index in [-0.39, 0.29) is 24.7 Å². The number of carbonyl (C=O) groups is 3. The lowest BCUT2D eigenvalue weighted by molar-refractivity contribution is -0.671. The first-order valence-corrected chi connectivity index (χ1v) is 13.0. The van der Waals surface area contributed by atoms with Crippen LogP contribution in [0.25, 0.3) is 0 Å². The third-order valence-electron chi connectivity index (χ3n) is 6.89. The number of rotatable bonds is 11. The predicted molar refractivity (Wildman–Crippen MR) is 142 cm³/mol. The van der Waals surface area contributed by atoms with Gasteiger partial charge in [-0.3, -0.25) is 14.4 Å². The maximum Gasteiger partial charge on any atom is 0.243 e. The fourth-order valence-electron chi connectivity index (χ4n) is 4.94. The lowest BCUT2D eigenvalue weighted by Crippen LogP contribution is -2.59. The van der Waals surface area contributed by atoms with E-state index in [9.17, 15) is 19.5 Å². The molecule has 10 heteroatoms. The third-order valence-corrected chi connectivity index (χ3v) is 6.89. The van der Waals surface area contributed by atoms with Crippen molar-refractivity contribution in [1.82, 2.24) is 16.0 Å². The van der Waals surface area contributed by atoms with Gasteiger partial charge >= 0.3 is 0 Å². The first-order valence-electron chi connectivity index (χ1n) is 13.0. The number of pyridine rings is 1. The Hall–Kier alpha value is -3.95. The number of anilines is 1. The van der Waals surface area contributed by atoms with Gasteiger partial charge in [-0.05, 0) is 48.4 Å². The van der Waals surface area contributed by atoms with Crippen molar-refractivity contribution in [2.24, 2.45) is 13.0 Å². The molecule has 1 aromatic heterocycles. The Morgan fingerprint density at radius 2 is 1.63 bits per heavy atom. The molecule has 2 aromatic rings. The van der Waals surface area contributed by atoms with Crippen LogP contribution in [-0.2, 0) is 34.3 Å². The molecule has 1 aliphatic rings. The van der Waals surface area contributed by atoms with E-state index in [0.29, 0.717) is 5.69 Å². The summed E-state index contributed by atoms with van der Waals surface area (Å²) in [6.07, 6.45) is 8.52. The number of aryl methyl sites for hydroxylation is 1. The minimum absolute atomic E-state index is 0.113. The molecular formula is C28H38N6O4. The Kier molecular flexibility index (Phi) is 10.2. The fraction of sp³-hybridized carbons (Fsp3) is 0.464. The highest BCUT2D eigenvalue weighted by molar-refractivity contribution is 5.93. The predicted octanol–water partition coefficient (Wildman–Crippen LogP) is 0.271. The number of nitrogens with one attached hydrogen (secondary N) is 4. The molecule has 0 radical (unpaired) electrons. The van der Waals surface area contributed by atoms with E-state index in [2.05, 4.69) is 16.0 Å².